The molecule has 0 bridgehead atoms. The molecular weight excluding hydrogens is 358 g/mol. The van der Waals surface area contributed by atoms with Gasteiger partial charge in [-0.1, -0.05) is 12.1 Å². The van der Waals surface area contributed by atoms with Gasteiger partial charge in [0.15, 0.2) is 0 Å². The highest BCUT2D eigenvalue weighted by molar-refractivity contribution is 6.39. The lowest BCUT2D eigenvalue weighted by atomic mass is 9.94. The molecule has 28 heavy (non-hydrogen) atoms. The molecule has 8 heteroatoms. The molecule has 2 amide bonds. The van der Waals surface area contributed by atoms with Crippen molar-refractivity contribution >= 4 is 17.5 Å². The van der Waals surface area contributed by atoms with E-state index in [9.17, 15) is 9.59 Å². The molecule has 0 fully saturated rings. The van der Waals surface area contributed by atoms with Gasteiger partial charge in [0, 0.05) is 42.2 Å². The van der Waals surface area contributed by atoms with Gasteiger partial charge < -0.3 is 15.4 Å². The standard InChI is InChI=1S/C20H19N5O3/c26-19(20(27)24-15-8-7-13-12-22-25-17(13)11-15)23-14-4-3-5-16(10-14)28-18-6-1-2-9-21-18/h1-6,9-10,12,15H,7-8,11H2,(H,22,25)(H,23,26)(H,24,27)/t15-/m0/s1. The van der Waals surface area contributed by atoms with Gasteiger partial charge in [-0.15, -0.1) is 0 Å². The van der Waals surface area contributed by atoms with E-state index in [4.69, 9.17) is 4.74 Å². The van der Waals surface area contributed by atoms with Crippen molar-refractivity contribution in [2.24, 2.45) is 0 Å². The number of benzene rings is 1. The van der Waals surface area contributed by atoms with E-state index in [2.05, 4.69) is 25.8 Å². The minimum absolute atomic E-state index is 0.0926. The van der Waals surface area contributed by atoms with E-state index < -0.39 is 11.8 Å². The first-order valence-electron chi connectivity index (χ1n) is 8.99. The quantitative estimate of drug-likeness (QED) is 0.604. The molecular formula is C20H19N5O3. The highest BCUT2D eigenvalue weighted by atomic mass is 16.5. The Morgan fingerprint density at radius 3 is 2.93 bits per heavy atom. The Kier molecular flexibility index (Phi) is 5.01. The van der Waals surface area contributed by atoms with Crippen LogP contribution >= 0.6 is 0 Å². The molecule has 8 nitrogen and oxygen atoms in total. The van der Waals surface area contributed by atoms with Gasteiger partial charge >= 0.3 is 11.8 Å². The van der Waals surface area contributed by atoms with Crippen molar-refractivity contribution in [3.63, 3.8) is 0 Å². The first kappa shape index (κ1) is 17.7. The van der Waals surface area contributed by atoms with E-state index in [0.29, 0.717) is 23.7 Å². The fraction of sp³-hybridized carbons (Fsp3) is 0.200. The molecule has 4 rings (SSSR count). The summed E-state index contributed by atoms with van der Waals surface area (Å²) in [6.45, 7) is 0. The topological polar surface area (TPSA) is 109 Å². The summed E-state index contributed by atoms with van der Waals surface area (Å²) < 4.78 is 5.64. The lowest BCUT2D eigenvalue weighted by molar-refractivity contribution is -0.136. The fourth-order valence-corrected chi connectivity index (χ4v) is 3.14. The zero-order valence-corrected chi connectivity index (χ0v) is 15.0. The molecule has 0 saturated heterocycles. The third-order valence-electron chi connectivity index (χ3n) is 4.51. The van der Waals surface area contributed by atoms with Gasteiger partial charge in [0.05, 0.1) is 6.20 Å². The van der Waals surface area contributed by atoms with Crippen molar-refractivity contribution in [3.8, 4) is 11.6 Å². The number of carbonyl (C=O) groups excluding carboxylic acids is 2. The summed E-state index contributed by atoms with van der Waals surface area (Å²) in [4.78, 5) is 28.6. The number of rotatable bonds is 4. The molecule has 1 aromatic carbocycles. The van der Waals surface area contributed by atoms with Gasteiger partial charge in [-0.3, -0.25) is 14.7 Å². The van der Waals surface area contributed by atoms with Gasteiger partial charge in [-0.2, -0.15) is 5.10 Å². The van der Waals surface area contributed by atoms with Crippen molar-refractivity contribution in [3.05, 3.63) is 66.1 Å². The summed E-state index contributed by atoms with van der Waals surface area (Å²) in [5.74, 6) is -0.426. The number of hydrogen-bond acceptors (Lipinski definition) is 5. The van der Waals surface area contributed by atoms with Crippen molar-refractivity contribution < 1.29 is 14.3 Å². The first-order chi connectivity index (χ1) is 13.7. The van der Waals surface area contributed by atoms with Crippen LogP contribution in [-0.4, -0.2) is 33.0 Å². The zero-order valence-electron chi connectivity index (χ0n) is 15.0. The lowest BCUT2D eigenvalue weighted by Crippen LogP contribution is -2.44. The smallest absolute Gasteiger partial charge is 0.313 e. The predicted octanol–water partition coefficient (Wildman–Crippen LogP) is 2.21. The van der Waals surface area contributed by atoms with E-state index in [-0.39, 0.29) is 6.04 Å². The second-order valence-corrected chi connectivity index (χ2v) is 6.54. The van der Waals surface area contributed by atoms with E-state index in [1.165, 1.54) is 5.56 Å². The van der Waals surface area contributed by atoms with E-state index in [1.807, 2.05) is 6.07 Å². The molecule has 0 unspecified atom stereocenters. The van der Waals surface area contributed by atoms with Crippen molar-refractivity contribution in [2.75, 3.05) is 5.32 Å². The average molecular weight is 377 g/mol. The van der Waals surface area contributed by atoms with E-state index in [1.54, 1.807) is 48.8 Å². The summed E-state index contributed by atoms with van der Waals surface area (Å²) in [5, 5.41) is 12.3. The molecule has 1 atom stereocenters. The van der Waals surface area contributed by atoms with E-state index in [0.717, 1.165) is 18.5 Å². The molecule has 3 N–H and O–H groups in total. The van der Waals surface area contributed by atoms with Crippen LogP contribution < -0.4 is 15.4 Å². The number of fused-ring (bicyclic) bond motifs is 1. The van der Waals surface area contributed by atoms with Crippen LogP contribution in [0.15, 0.2) is 54.9 Å². The third kappa shape index (κ3) is 4.17. The van der Waals surface area contributed by atoms with Crippen LogP contribution in [0.4, 0.5) is 5.69 Å². The first-order valence-corrected chi connectivity index (χ1v) is 8.99. The van der Waals surface area contributed by atoms with Crippen LogP contribution in [0, 0.1) is 0 Å². The predicted molar refractivity (Wildman–Crippen MR) is 102 cm³/mol. The Bertz CT molecular complexity index is 986. The molecule has 1 aliphatic carbocycles. The summed E-state index contributed by atoms with van der Waals surface area (Å²) in [5.41, 5.74) is 2.64. The lowest BCUT2D eigenvalue weighted by Gasteiger charge is -2.22. The van der Waals surface area contributed by atoms with Crippen LogP contribution in [0.3, 0.4) is 0 Å². The second kappa shape index (κ2) is 7.91. The fourth-order valence-electron chi connectivity index (χ4n) is 3.14. The minimum Gasteiger partial charge on any atom is -0.439 e. The number of pyridine rings is 1. The van der Waals surface area contributed by atoms with Crippen LogP contribution in [0.5, 0.6) is 11.6 Å². The Morgan fingerprint density at radius 2 is 2.07 bits per heavy atom. The number of amides is 2. The van der Waals surface area contributed by atoms with Crippen molar-refractivity contribution in [1.29, 1.82) is 0 Å². The van der Waals surface area contributed by atoms with Gasteiger partial charge in [0.1, 0.15) is 5.75 Å². The number of aromatic amines is 1. The van der Waals surface area contributed by atoms with Gasteiger partial charge in [-0.05, 0) is 36.6 Å². The zero-order chi connectivity index (χ0) is 19.3. The number of aryl methyl sites for hydroxylation is 1. The van der Waals surface area contributed by atoms with Gasteiger partial charge in [0.2, 0.25) is 5.88 Å². The second-order valence-electron chi connectivity index (χ2n) is 6.54. The number of nitrogens with zero attached hydrogens (tertiary/aromatic N) is 2. The SMILES string of the molecule is O=C(Nc1cccc(Oc2ccccn2)c1)C(=O)N[C@H]1CCc2cn[nH]c2C1. The number of aromatic nitrogens is 3. The van der Waals surface area contributed by atoms with Crippen LogP contribution in [0.2, 0.25) is 0 Å². The Morgan fingerprint density at radius 1 is 1.14 bits per heavy atom. The Balaban J connectivity index is 1.34. The number of ether oxygens (including phenoxy) is 1. The number of H-pyrrole nitrogens is 1. The van der Waals surface area contributed by atoms with Crippen LogP contribution in [0.1, 0.15) is 17.7 Å². The van der Waals surface area contributed by atoms with Gasteiger partial charge in [0.25, 0.3) is 0 Å². The molecule has 2 heterocycles. The van der Waals surface area contributed by atoms with Gasteiger partial charge in [-0.25, -0.2) is 4.98 Å². The monoisotopic (exact) mass is 377 g/mol. The summed E-state index contributed by atoms with van der Waals surface area (Å²) in [6, 6.07) is 12.0. The molecule has 0 spiro atoms. The van der Waals surface area contributed by atoms with Crippen molar-refractivity contribution in [2.45, 2.75) is 25.3 Å². The third-order valence-corrected chi connectivity index (χ3v) is 4.51. The van der Waals surface area contributed by atoms with Crippen LogP contribution in [-0.2, 0) is 22.4 Å². The highest BCUT2D eigenvalue weighted by Gasteiger charge is 2.24. The number of nitrogens with one attached hydrogen (secondary N) is 3. The Labute approximate surface area is 161 Å². The highest BCUT2D eigenvalue weighted by Crippen LogP contribution is 2.22. The Hall–Kier alpha value is -3.68. The average Bonchev–Trinajstić information content (AvgIpc) is 3.17. The minimum atomic E-state index is -0.717. The molecule has 3 aromatic rings. The maximum Gasteiger partial charge on any atom is 0.313 e. The largest absolute Gasteiger partial charge is 0.439 e. The normalized spacial score (nSPS) is 15.4. The molecule has 1 aliphatic rings. The molecule has 0 aliphatic heterocycles. The molecule has 2 aromatic heterocycles. The van der Waals surface area contributed by atoms with Crippen LogP contribution in [0.25, 0.3) is 0 Å². The van der Waals surface area contributed by atoms with E-state index >= 15 is 0 Å². The molecule has 142 valence electrons. The summed E-state index contributed by atoms with van der Waals surface area (Å²) >= 11 is 0. The number of hydrogen-bond donors (Lipinski definition) is 3. The number of carbonyl (C=O) groups is 2. The molecule has 0 saturated carbocycles. The summed E-state index contributed by atoms with van der Waals surface area (Å²) in [7, 11) is 0. The van der Waals surface area contributed by atoms with Crippen molar-refractivity contribution in [1.82, 2.24) is 20.5 Å². The molecule has 0 radical (unpaired) electrons. The summed E-state index contributed by atoms with van der Waals surface area (Å²) in [6.07, 6.45) is 5.68. The maximum atomic E-state index is 12.3. The number of anilines is 1. The maximum absolute atomic E-state index is 12.3.